The minimum absolute atomic E-state index is 0.0742. The summed E-state index contributed by atoms with van der Waals surface area (Å²) in [5, 5.41) is 14.3. The minimum atomic E-state index is -0.849. The Hall–Kier alpha value is -4.68. The molecule has 0 unspecified atom stereocenters. The van der Waals surface area contributed by atoms with Gasteiger partial charge in [0.1, 0.15) is 0 Å². The van der Waals surface area contributed by atoms with Crippen molar-refractivity contribution in [3.63, 3.8) is 0 Å². The highest BCUT2D eigenvalue weighted by molar-refractivity contribution is 6.45. The highest BCUT2D eigenvalue weighted by Gasteiger charge is 2.31. The number of fused-ring (bicyclic) bond motifs is 1. The fraction of sp³-hybridized carbons (Fsp3) is 0.227. The Kier molecular flexibility index (Phi) is 5.65. The number of aromatic amines is 1. The van der Waals surface area contributed by atoms with Gasteiger partial charge in [-0.3, -0.25) is 14.4 Å². The summed E-state index contributed by atoms with van der Waals surface area (Å²) in [5.74, 6) is -2.16. The molecule has 2 N–H and O–H groups in total. The van der Waals surface area contributed by atoms with E-state index < -0.39 is 23.4 Å². The second kappa shape index (κ2) is 8.93. The first-order chi connectivity index (χ1) is 16.9. The van der Waals surface area contributed by atoms with Gasteiger partial charge in [0.15, 0.2) is 11.6 Å². The molecule has 0 saturated carbocycles. The normalized spacial score (nSPS) is 13.8. The number of hydrogen-bond donors (Lipinski definition) is 2. The van der Waals surface area contributed by atoms with Gasteiger partial charge >= 0.3 is 0 Å². The van der Waals surface area contributed by atoms with Crippen molar-refractivity contribution in [2.75, 3.05) is 36.4 Å². The molecule has 1 aromatic carbocycles. The number of nitrogens with zero attached hydrogens (tertiary/aromatic N) is 7. The number of ketones is 1. The van der Waals surface area contributed by atoms with Crippen molar-refractivity contribution in [2.24, 2.45) is 0 Å². The summed E-state index contributed by atoms with van der Waals surface area (Å²) in [5.41, 5.74) is 0.816. The fourth-order valence-electron chi connectivity index (χ4n) is 4.03. The van der Waals surface area contributed by atoms with E-state index >= 15 is 0 Å². The van der Waals surface area contributed by atoms with Crippen LogP contribution in [0.15, 0.2) is 42.7 Å². The number of benzene rings is 1. The number of anilines is 2. The summed E-state index contributed by atoms with van der Waals surface area (Å²) < 4.78 is 16.2. The summed E-state index contributed by atoms with van der Waals surface area (Å²) in [7, 11) is 0. The van der Waals surface area contributed by atoms with Gasteiger partial charge in [-0.15, -0.1) is 0 Å². The van der Waals surface area contributed by atoms with E-state index in [1.807, 2.05) is 35.2 Å². The zero-order chi connectivity index (χ0) is 24.5. The molecule has 12 nitrogen and oxygen atoms in total. The Labute approximate surface area is 197 Å². The molecule has 1 aliphatic rings. The standard InChI is InChI=1S/C22H20FN9O3/c1-13(33)26-20-18-17(16(23)12-25-20)15(11-24-18)19(34)21(35)30-7-9-31(10-8-30)22-27-28-29-32(22)14-5-3-2-4-6-14/h2-6,11-12,24H,7-10H2,1H3,(H,25,26,33). The number of Topliss-reactive ketones (excluding diaryl/α,β-unsaturated/α-hetero) is 1. The highest BCUT2D eigenvalue weighted by atomic mass is 19.1. The first-order valence-corrected chi connectivity index (χ1v) is 10.8. The van der Waals surface area contributed by atoms with Gasteiger partial charge in [-0.2, -0.15) is 4.68 Å². The number of carbonyl (C=O) groups is 3. The van der Waals surface area contributed by atoms with Crippen molar-refractivity contribution >= 4 is 40.3 Å². The highest BCUT2D eigenvalue weighted by Crippen LogP contribution is 2.27. The summed E-state index contributed by atoms with van der Waals surface area (Å²) in [6, 6.07) is 9.42. The van der Waals surface area contributed by atoms with Gasteiger partial charge in [0, 0.05) is 39.3 Å². The third-order valence-corrected chi connectivity index (χ3v) is 5.70. The molecule has 1 saturated heterocycles. The Balaban J connectivity index is 1.32. The lowest BCUT2D eigenvalue weighted by atomic mass is 10.1. The van der Waals surface area contributed by atoms with Crippen LogP contribution in [0.25, 0.3) is 16.6 Å². The lowest BCUT2D eigenvalue weighted by Crippen LogP contribution is -2.51. The monoisotopic (exact) mass is 477 g/mol. The maximum atomic E-state index is 14.5. The predicted octanol–water partition coefficient (Wildman–Crippen LogP) is 1.17. The van der Waals surface area contributed by atoms with Gasteiger partial charge in [-0.25, -0.2) is 9.37 Å². The molecule has 0 bridgehead atoms. The fourth-order valence-corrected chi connectivity index (χ4v) is 4.03. The van der Waals surface area contributed by atoms with Crippen LogP contribution in [0, 0.1) is 5.82 Å². The van der Waals surface area contributed by atoms with E-state index in [2.05, 4.69) is 30.8 Å². The van der Waals surface area contributed by atoms with Crippen LogP contribution in [0.5, 0.6) is 0 Å². The van der Waals surface area contributed by atoms with Gasteiger partial charge < -0.3 is 20.1 Å². The first-order valence-electron chi connectivity index (χ1n) is 10.8. The minimum Gasteiger partial charge on any atom is -0.357 e. The van der Waals surface area contributed by atoms with Gasteiger partial charge in [0.05, 0.1) is 28.4 Å². The summed E-state index contributed by atoms with van der Waals surface area (Å²) in [6.07, 6.45) is 2.16. The van der Waals surface area contributed by atoms with Crippen LogP contribution in [-0.2, 0) is 9.59 Å². The summed E-state index contributed by atoms with van der Waals surface area (Å²) >= 11 is 0. The van der Waals surface area contributed by atoms with E-state index in [0.717, 1.165) is 11.9 Å². The molecule has 0 radical (unpaired) electrons. The molecule has 1 fully saturated rings. The van der Waals surface area contributed by atoms with Crippen LogP contribution in [0.2, 0.25) is 0 Å². The molecule has 2 amide bonds. The lowest BCUT2D eigenvalue weighted by Gasteiger charge is -2.34. The maximum absolute atomic E-state index is 14.5. The number of amides is 2. The number of halogens is 1. The number of carbonyl (C=O) groups excluding carboxylic acids is 3. The van der Waals surface area contributed by atoms with Crippen molar-refractivity contribution in [1.82, 2.24) is 35.1 Å². The molecule has 3 aromatic heterocycles. The second-order valence-corrected chi connectivity index (χ2v) is 7.92. The molecule has 0 atom stereocenters. The zero-order valence-electron chi connectivity index (χ0n) is 18.6. The largest absolute Gasteiger partial charge is 0.357 e. The van der Waals surface area contributed by atoms with Crippen molar-refractivity contribution in [1.29, 1.82) is 0 Å². The van der Waals surface area contributed by atoms with E-state index in [-0.39, 0.29) is 35.4 Å². The Bertz CT molecular complexity index is 1420. The van der Waals surface area contributed by atoms with Gasteiger partial charge in [0.25, 0.3) is 11.7 Å². The molecule has 13 heteroatoms. The van der Waals surface area contributed by atoms with Crippen LogP contribution < -0.4 is 10.2 Å². The van der Waals surface area contributed by atoms with Crippen molar-refractivity contribution in [3.05, 3.63) is 54.1 Å². The quantitative estimate of drug-likeness (QED) is 0.322. The van der Waals surface area contributed by atoms with E-state index in [4.69, 9.17) is 0 Å². The maximum Gasteiger partial charge on any atom is 0.295 e. The second-order valence-electron chi connectivity index (χ2n) is 7.92. The van der Waals surface area contributed by atoms with Crippen LogP contribution in [-0.4, -0.2) is 78.9 Å². The topological polar surface area (TPSA) is 142 Å². The zero-order valence-corrected chi connectivity index (χ0v) is 18.6. The molecule has 35 heavy (non-hydrogen) atoms. The molecular formula is C22H20FN9O3. The Morgan fingerprint density at radius 1 is 1.09 bits per heavy atom. The van der Waals surface area contributed by atoms with E-state index in [9.17, 15) is 18.8 Å². The lowest BCUT2D eigenvalue weighted by molar-refractivity contribution is -0.126. The number of H-pyrrole nitrogens is 1. The number of tetrazole rings is 1. The molecule has 4 heterocycles. The number of aromatic nitrogens is 6. The van der Waals surface area contributed by atoms with Crippen LogP contribution >= 0.6 is 0 Å². The van der Waals surface area contributed by atoms with Gasteiger partial charge in [0.2, 0.25) is 11.9 Å². The van der Waals surface area contributed by atoms with Crippen molar-refractivity contribution in [2.45, 2.75) is 6.92 Å². The molecular weight excluding hydrogens is 457 g/mol. The van der Waals surface area contributed by atoms with Gasteiger partial charge in [-0.1, -0.05) is 23.3 Å². The average molecular weight is 477 g/mol. The average Bonchev–Trinajstić information content (AvgIpc) is 3.54. The number of piperazine rings is 1. The predicted molar refractivity (Wildman–Crippen MR) is 123 cm³/mol. The number of pyridine rings is 1. The third-order valence-electron chi connectivity index (χ3n) is 5.70. The number of rotatable bonds is 5. The van der Waals surface area contributed by atoms with E-state index in [0.29, 0.717) is 19.0 Å². The Morgan fingerprint density at radius 2 is 1.83 bits per heavy atom. The molecule has 0 aliphatic carbocycles. The van der Waals surface area contributed by atoms with E-state index in [1.165, 1.54) is 18.0 Å². The van der Waals surface area contributed by atoms with E-state index in [1.54, 1.807) is 4.68 Å². The van der Waals surface area contributed by atoms with Crippen molar-refractivity contribution < 1.29 is 18.8 Å². The van der Waals surface area contributed by atoms with Crippen LogP contribution in [0.1, 0.15) is 17.3 Å². The summed E-state index contributed by atoms with van der Waals surface area (Å²) in [6.45, 7) is 2.62. The van der Waals surface area contributed by atoms with Crippen LogP contribution in [0.4, 0.5) is 16.2 Å². The smallest absolute Gasteiger partial charge is 0.295 e. The van der Waals surface area contributed by atoms with Crippen LogP contribution in [0.3, 0.4) is 0 Å². The first kappa shape index (κ1) is 22.1. The number of para-hydroxylation sites is 1. The molecule has 1 aliphatic heterocycles. The number of nitrogens with one attached hydrogen (secondary N) is 2. The SMILES string of the molecule is CC(=O)Nc1ncc(F)c2c(C(=O)C(=O)N3CCN(c4nnnn4-c4ccccc4)CC3)c[nH]c12. The number of hydrogen-bond acceptors (Lipinski definition) is 8. The van der Waals surface area contributed by atoms with Gasteiger partial charge in [-0.05, 0) is 22.6 Å². The Morgan fingerprint density at radius 3 is 2.54 bits per heavy atom. The third kappa shape index (κ3) is 4.07. The van der Waals surface area contributed by atoms with Crippen molar-refractivity contribution in [3.8, 4) is 5.69 Å². The molecule has 5 rings (SSSR count). The molecule has 178 valence electrons. The summed E-state index contributed by atoms with van der Waals surface area (Å²) in [4.78, 5) is 47.4. The molecule has 0 spiro atoms. The molecule has 4 aromatic rings.